The molecule has 1 aliphatic rings. The van der Waals surface area contributed by atoms with E-state index < -0.39 is 12.0 Å². The number of carbonyl (C=O) groups is 2. The van der Waals surface area contributed by atoms with Gasteiger partial charge >= 0.3 is 5.97 Å². The SMILES string of the molecule is Cc1ccc(COC(=O)C(N)CCCCN=C(CC(C)C)C2=C(O)CC(C)(C)CC2=O)cc1. The summed E-state index contributed by atoms with van der Waals surface area (Å²) < 4.78 is 5.33. The molecular weight excluding hydrogens is 416 g/mol. The predicted molar refractivity (Wildman–Crippen MR) is 132 cm³/mol. The molecule has 0 aromatic heterocycles. The van der Waals surface area contributed by atoms with E-state index in [1.165, 1.54) is 0 Å². The molecule has 0 aliphatic heterocycles. The van der Waals surface area contributed by atoms with E-state index in [0.29, 0.717) is 49.4 Å². The molecule has 182 valence electrons. The Kier molecular flexibility index (Phi) is 9.84. The van der Waals surface area contributed by atoms with Crippen molar-refractivity contribution >= 4 is 17.5 Å². The van der Waals surface area contributed by atoms with Crippen LogP contribution in [0.25, 0.3) is 0 Å². The van der Waals surface area contributed by atoms with E-state index in [0.717, 1.165) is 24.0 Å². The largest absolute Gasteiger partial charge is 0.511 e. The Hall–Kier alpha value is -2.47. The number of allylic oxidation sites excluding steroid dienone is 2. The van der Waals surface area contributed by atoms with Crippen LogP contribution in [0.1, 0.15) is 77.3 Å². The number of aliphatic hydroxyl groups excluding tert-OH is 1. The second-order valence-corrected chi connectivity index (χ2v) is 10.4. The Morgan fingerprint density at radius 2 is 1.85 bits per heavy atom. The maximum atomic E-state index is 12.7. The van der Waals surface area contributed by atoms with E-state index in [1.807, 2.05) is 45.0 Å². The highest BCUT2D eigenvalue weighted by atomic mass is 16.5. The van der Waals surface area contributed by atoms with E-state index in [1.54, 1.807) is 0 Å². The summed E-state index contributed by atoms with van der Waals surface area (Å²) in [4.78, 5) is 29.6. The molecule has 0 fully saturated rings. The van der Waals surface area contributed by atoms with Crippen LogP contribution in [-0.2, 0) is 20.9 Å². The Morgan fingerprint density at radius 1 is 1.18 bits per heavy atom. The van der Waals surface area contributed by atoms with Crippen LogP contribution in [0.2, 0.25) is 0 Å². The number of Topliss-reactive ketones (excluding diaryl/α,β-unsaturated/α-hetero) is 1. The molecule has 0 bridgehead atoms. The number of aryl methyl sites for hydroxylation is 1. The highest BCUT2D eigenvalue weighted by Gasteiger charge is 2.35. The van der Waals surface area contributed by atoms with Gasteiger partial charge < -0.3 is 15.6 Å². The standard InChI is InChI=1S/C27H40N2O4/c1-18(2)14-22(25-23(30)15-27(4,5)16-24(25)31)29-13-7-6-8-21(28)26(32)33-17-20-11-9-19(3)10-12-20/h9-12,18,21,30H,6-8,13-17,28H2,1-5H3. The van der Waals surface area contributed by atoms with Crippen molar-refractivity contribution in [3.8, 4) is 0 Å². The Morgan fingerprint density at radius 3 is 2.45 bits per heavy atom. The van der Waals surface area contributed by atoms with E-state index in [2.05, 4.69) is 18.8 Å². The molecule has 0 radical (unpaired) electrons. The van der Waals surface area contributed by atoms with Gasteiger partial charge in [0, 0.05) is 25.1 Å². The molecule has 1 unspecified atom stereocenters. The van der Waals surface area contributed by atoms with Crippen LogP contribution in [0.5, 0.6) is 0 Å². The maximum Gasteiger partial charge on any atom is 0.323 e. The minimum absolute atomic E-state index is 0.0264. The van der Waals surface area contributed by atoms with Crippen molar-refractivity contribution in [2.75, 3.05) is 6.54 Å². The van der Waals surface area contributed by atoms with Crippen molar-refractivity contribution in [3.63, 3.8) is 0 Å². The van der Waals surface area contributed by atoms with Gasteiger partial charge in [0.1, 0.15) is 18.4 Å². The molecular formula is C27H40N2O4. The molecule has 0 heterocycles. The van der Waals surface area contributed by atoms with E-state index in [4.69, 9.17) is 10.5 Å². The molecule has 1 aromatic rings. The molecule has 0 amide bonds. The topological polar surface area (TPSA) is 102 Å². The summed E-state index contributed by atoms with van der Waals surface area (Å²) in [5.74, 6) is 0.0593. The maximum absolute atomic E-state index is 12.7. The predicted octanol–water partition coefficient (Wildman–Crippen LogP) is 5.22. The van der Waals surface area contributed by atoms with Crippen LogP contribution >= 0.6 is 0 Å². The first-order valence-electron chi connectivity index (χ1n) is 12.0. The molecule has 33 heavy (non-hydrogen) atoms. The molecule has 3 N–H and O–H groups in total. The molecule has 1 aliphatic carbocycles. The summed E-state index contributed by atoms with van der Waals surface area (Å²) in [6, 6.07) is 7.17. The summed E-state index contributed by atoms with van der Waals surface area (Å²) in [5.41, 5.74) is 8.98. The highest BCUT2D eigenvalue weighted by Crippen LogP contribution is 2.36. The van der Waals surface area contributed by atoms with E-state index >= 15 is 0 Å². The number of unbranched alkanes of at least 4 members (excludes halogenated alkanes) is 1. The summed E-state index contributed by atoms with van der Waals surface area (Å²) in [5, 5.41) is 10.6. The zero-order valence-electron chi connectivity index (χ0n) is 20.8. The summed E-state index contributed by atoms with van der Waals surface area (Å²) in [7, 11) is 0. The lowest BCUT2D eigenvalue weighted by molar-refractivity contribution is -0.146. The van der Waals surface area contributed by atoms with Gasteiger partial charge in [0.25, 0.3) is 0 Å². The van der Waals surface area contributed by atoms with Crippen molar-refractivity contribution in [1.29, 1.82) is 0 Å². The molecule has 1 aromatic carbocycles. The van der Waals surface area contributed by atoms with Gasteiger partial charge in [0.05, 0.1) is 5.57 Å². The van der Waals surface area contributed by atoms with Gasteiger partial charge in [-0.2, -0.15) is 0 Å². The lowest BCUT2D eigenvalue weighted by atomic mass is 9.75. The third kappa shape index (κ3) is 8.77. The number of aliphatic hydroxyl groups is 1. The zero-order valence-corrected chi connectivity index (χ0v) is 20.8. The number of ketones is 1. The number of ether oxygens (including phenoxy) is 1. The van der Waals surface area contributed by atoms with Crippen molar-refractivity contribution in [3.05, 3.63) is 46.7 Å². The molecule has 0 saturated carbocycles. The van der Waals surface area contributed by atoms with Crippen LogP contribution in [0.15, 0.2) is 40.6 Å². The number of hydrogen-bond donors (Lipinski definition) is 2. The molecule has 2 rings (SSSR count). The zero-order chi connectivity index (χ0) is 24.6. The molecule has 0 spiro atoms. The highest BCUT2D eigenvalue weighted by molar-refractivity contribution is 6.23. The number of esters is 1. The lowest BCUT2D eigenvalue weighted by Crippen LogP contribution is -2.32. The molecule has 1 atom stereocenters. The van der Waals surface area contributed by atoms with Crippen LogP contribution in [0.3, 0.4) is 0 Å². The average Bonchev–Trinajstić information content (AvgIpc) is 2.70. The Balaban J connectivity index is 1.85. The van der Waals surface area contributed by atoms with Crippen LogP contribution in [0.4, 0.5) is 0 Å². The first kappa shape index (κ1) is 26.8. The van der Waals surface area contributed by atoms with Gasteiger partial charge in [0.15, 0.2) is 5.78 Å². The van der Waals surface area contributed by atoms with Crippen molar-refractivity contribution in [2.45, 2.75) is 85.8 Å². The number of hydrogen-bond acceptors (Lipinski definition) is 6. The normalized spacial score (nSPS) is 17.4. The number of rotatable bonds is 11. The second-order valence-electron chi connectivity index (χ2n) is 10.4. The third-order valence-corrected chi connectivity index (χ3v) is 5.77. The summed E-state index contributed by atoms with van der Waals surface area (Å²) >= 11 is 0. The number of nitrogens with two attached hydrogens (primary N) is 1. The number of benzene rings is 1. The van der Waals surface area contributed by atoms with Gasteiger partial charge in [-0.1, -0.05) is 57.5 Å². The average molecular weight is 457 g/mol. The monoisotopic (exact) mass is 456 g/mol. The van der Waals surface area contributed by atoms with E-state index in [9.17, 15) is 14.7 Å². The second kappa shape index (κ2) is 12.1. The lowest BCUT2D eigenvalue weighted by Gasteiger charge is -2.30. The molecule has 6 nitrogen and oxygen atoms in total. The first-order chi connectivity index (χ1) is 15.5. The van der Waals surface area contributed by atoms with Gasteiger partial charge in [-0.25, -0.2) is 0 Å². The summed E-state index contributed by atoms with van der Waals surface area (Å²) in [6.07, 6.45) is 3.55. The molecule has 6 heteroatoms. The van der Waals surface area contributed by atoms with Crippen LogP contribution < -0.4 is 5.73 Å². The smallest absolute Gasteiger partial charge is 0.323 e. The summed E-state index contributed by atoms with van der Waals surface area (Å²) in [6.45, 7) is 10.9. The van der Waals surface area contributed by atoms with Gasteiger partial charge in [-0.15, -0.1) is 0 Å². The molecule has 0 saturated heterocycles. The number of aliphatic imine (C=N–C) groups is 1. The van der Waals surface area contributed by atoms with Gasteiger partial charge in [0.2, 0.25) is 0 Å². The quantitative estimate of drug-likeness (QED) is 0.270. The number of nitrogens with zero attached hydrogens (tertiary/aromatic N) is 1. The van der Waals surface area contributed by atoms with Gasteiger partial charge in [-0.05, 0) is 49.5 Å². The fourth-order valence-corrected chi connectivity index (χ4v) is 4.00. The number of carbonyl (C=O) groups excluding carboxylic acids is 2. The Bertz CT molecular complexity index is 882. The minimum atomic E-state index is -0.663. The minimum Gasteiger partial charge on any atom is -0.511 e. The Labute approximate surface area is 198 Å². The van der Waals surface area contributed by atoms with Crippen molar-refractivity contribution in [2.24, 2.45) is 22.1 Å². The van der Waals surface area contributed by atoms with Crippen LogP contribution in [-0.4, -0.2) is 35.2 Å². The van der Waals surface area contributed by atoms with Crippen LogP contribution in [0, 0.1) is 18.3 Å². The van der Waals surface area contributed by atoms with Crippen molar-refractivity contribution < 1.29 is 19.4 Å². The van der Waals surface area contributed by atoms with Gasteiger partial charge in [-0.3, -0.25) is 14.6 Å². The fourth-order valence-electron chi connectivity index (χ4n) is 4.00. The first-order valence-corrected chi connectivity index (χ1v) is 12.0. The third-order valence-electron chi connectivity index (χ3n) is 5.77. The fraction of sp³-hybridized carbons (Fsp3) is 0.593. The van der Waals surface area contributed by atoms with E-state index in [-0.39, 0.29) is 23.6 Å². The van der Waals surface area contributed by atoms with Crippen molar-refractivity contribution in [1.82, 2.24) is 0 Å².